The van der Waals surface area contributed by atoms with Crippen LogP contribution in [0, 0.1) is 0 Å². The second-order valence-corrected chi connectivity index (χ2v) is 10.6. The number of sulfonamides is 1. The van der Waals surface area contributed by atoms with Crippen LogP contribution in [-0.4, -0.2) is 56.0 Å². The van der Waals surface area contributed by atoms with E-state index in [0.29, 0.717) is 5.69 Å². The Labute approximate surface area is 198 Å². The van der Waals surface area contributed by atoms with Crippen LogP contribution in [0.5, 0.6) is 0 Å². The van der Waals surface area contributed by atoms with Gasteiger partial charge in [0.15, 0.2) is 0 Å². The summed E-state index contributed by atoms with van der Waals surface area (Å²) in [7, 11) is -2.30. The van der Waals surface area contributed by atoms with Gasteiger partial charge in [0.2, 0.25) is 21.8 Å². The lowest BCUT2D eigenvalue weighted by molar-refractivity contribution is -0.127. The maximum Gasteiger partial charge on any atom is 0.246 e. The van der Waals surface area contributed by atoms with E-state index in [4.69, 9.17) is 0 Å². The van der Waals surface area contributed by atoms with Gasteiger partial charge >= 0.3 is 0 Å². The number of thiol groups is 1. The number of carbonyl (C=O) groups excluding carboxylic acids is 2. The predicted octanol–water partition coefficient (Wildman–Crippen LogP) is 2.68. The number of hydrogen-bond acceptors (Lipinski definition) is 5. The number of hydrogen-bond donors (Lipinski definition) is 2. The van der Waals surface area contributed by atoms with E-state index in [1.165, 1.54) is 9.21 Å². The molecule has 3 aromatic carbocycles. The highest BCUT2D eigenvalue weighted by molar-refractivity contribution is 7.89. The number of amides is 2. The second kappa shape index (κ2) is 9.54. The highest BCUT2D eigenvalue weighted by atomic mass is 32.2. The third-order valence-electron chi connectivity index (χ3n) is 5.80. The lowest BCUT2D eigenvalue weighted by Gasteiger charge is -2.24. The highest BCUT2D eigenvalue weighted by Gasteiger charge is 2.43. The molecule has 0 saturated carbocycles. The number of benzene rings is 3. The number of nitrogens with zero attached hydrogens (tertiary/aromatic N) is 2. The van der Waals surface area contributed by atoms with Crippen molar-refractivity contribution in [2.75, 3.05) is 25.0 Å². The summed E-state index contributed by atoms with van der Waals surface area (Å²) in [5.41, 5.74) is 0.702. The maximum atomic E-state index is 13.4. The minimum atomic E-state index is -3.93. The average Bonchev–Trinajstić information content (AvgIpc) is 3.24. The average molecular weight is 484 g/mol. The molecule has 1 aliphatic heterocycles. The lowest BCUT2D eigenvalue weighted by atomic mass is 10.1. The van der Waals surface area contributed by atoms with Crippen LogP contribution in [0.2, 0.25) is 0 Å². The van der Waals surface area contributed by atoms with Gasteiger partial charge in [0.25, 0.3) is 0 Å². The fraction of sp³-hybridized carbons (Fsp3) is 0.250. The summed E-state index contributed by atoms with van der Waals surface area (Å²) in [6.45, 7) is -0.115. The Kier molecular flexibility index (Phi) is 6.73. The third-order valence-corrected chi connectivity index (χ3v) is 8.04. The summed E-state index contributed by atoms with van der Waals surface area (Å²) < 4.78 is 28.0. The summed E-state index contributed by atoms with van der Waals surface area (Å²) in [5, 5.41) is 4.06. The Hall–Kier alpha value is -2.88. The SMILES string of the molecule is CN(C(=O)CNC(=O)[C@@H]1C[C@@H](S)CN1S(=O)(=O)c1ccc2ccccc2c1)c1ccccc1. The first-order valence-electron chi connectivity index (χ1n) is 10.6. The molecule has 9 heteroatoms. The van der Waals surface area contributed by atoms with Gasteiger partial charge in [-0.25, -0.2) is 8.42 Å². The molecule has 1 aliphatic rings. The first-order chi connectivity index (χ1) is 15.8. The van der Waals surface area contributed by atoms with Crippen LogP contribution in [0.15, 0.2) is 77.7 Å². The van der Waals surface area contributed by atoms with Gasteiger partial charge in [-0.15, -0.1) is 0 Å². The molecular weight excluding hydrogens is 458 g/mol. The van der Waals surface area contributed by atoms with Gasteiger partial charge in [0, 0.05) is 24.5 Å². The summed E-state index contributed by atoms with van der Waals surface area (Å²) in [4.78, 5) is 27.0. The van der Waals surface area contributed by atoms with Gasteiger partial charge < -0.3 is 10.2 Å². The molecule has 1 fully saturated rings. The molecule has 0 radical (unpaired) electrons. The fourth-order valence-electron chi connectivity index (χ4n) is 3.95. The van der Waals surface area contributed by atoms with Crippen molar-refractivity contribution in [3.05, 3.63) is 72.8 Å². The van der Waals surface area contributed by atoms with Crippen LogP contribution in [0.3, 0.4) is 0 Å². The molecular formula is C24H25N3O4S2. The summed E-state index contributed by atoms with van der Waals surface area (Å²) >= 11 is 4.44. The standard InChI is InChI=1S/C24H25N3O4S2/c1-26(19-9-3-2-4-10-19)23(28)15-25-24(29)22-14-20(32)16-27(22)33(30,31)21-12-11-17-7-5-6-8-18(17)13-21/h2-13,20,22,32H,14-16H2,1H3,(H,25,29)/t20-,22+/m1/s1. The van der Waals surface area contributed by atoms with E-state index in [2.05, 4.69) is 17.9 Å². The highest BCUT2D eigenvalue weighted by Crippen LogP contribution is 2.30. The van der Waals surface area contributed by atoms with E-state index in [1.807, 2.05) is 42.5 Å². The molecule has 33 heavy (non-hydrogen) atoms. The Bertz CT molecular complexity index is 1280. The molecule has 0 aliphatic carbocycles. The zero-order valence-electron chi connectivity index (χ0n) is 18.1. The predicted molar refractivity (Wildman–Crippen MR) is 132 cm³/mol. The molecule has 1 N–H and O–H groups in total. The zero-order chi connectivity index (χ0) is 23.6. The fourth-order valence-corrected chi connectivity index (χ4v) is 6.11. The smallest absolute Gasteiger partial charge is 0.246 e. The molecule has 0 spiro atoms. The van der Waals surface area contributed by atoms with Gasteiger partial charge in [-0.1, -0.05) is 48.5 Å². The molecule has 7 nitrogen and oxygen atoms in total. The molecule has 172 valence electrons. The van der Waals surface area contributed by atoms with Crippen molar-refractivity contribution in [3.63, 3.8) is 0 Å². The third kappa shape index (κ3) is 4.90. The maximum absolute atomic E-state index is 13.4. The van der Waals surface area contributed by atoms with Gasteiger partial charge in [-0.3, -0.25) is 9.59 Å². The minimum Gasteiger partial charge on any atom is -0.346 e. The number of rotatable bonds is 6. The Balaban J connectivity index is 1.49. The van der Waals surface area contributed by atoms with Crippen molar-refractivity contribution < 1.29 is 18.0 Å². The zero-order valence-corrected chi connectivity index (χ0v) is 19.8. The number of likely N-dealkylation sites (N-methyl/N-ethyl adjacent to an activating group) is 1. The van der Waals surface area contributed by atoms with E-state index >= 15 is 0 Å². The molecule has 1 saturated heterocycles. The van der Waals surface area contributed by atoms with Crippen molar-refractivity contribution in [2.45, 2.75) is 22.6 Å². The van der Waals surface area contributed by atoms with Crippen molar-refractivity contribution in [3.8, 4) is 0 Å². The Morgan fingerprint density at radius 2 is 1.70 bits per heavy atom. The summed E-state index contributed by atoms with van der Waals surface area (Å²) in [6, 6.07) is 20.5. The molecule has 3 aromatic rings. The van der Waals surface area contributed by atoms with E-state index in [0.717, 1.165) is 10.8 Å². The van der Waals surface area contributed by atoms with Crippen LogP contribution in [0.25, 0.3) is 10.8 Å². The number of para-hydroxylation sites is 1. The summed E-state index contributed by atoms with van der Waals surface area (Å²) in [6.07, 6.45) is 0.268. The summed E-state index contributed by atoms with van der Waals surface area (Å²) in [5.74, 6) is -0.815. The van der Waals surface area contributed by atoms with Crippen LogP contribution >= 0.6 is 12.6 Å². The quantitative estimate of drug-likeness (QED) is 0.528. The van der Waals surface area contributed by atoms with E-state index in [1.54, 1.807) is 37.4 Å². The molecule has 2 atom stereocenters. The molecule has 0 bridgehead atoms. The number of carbonyl (C=O) groups is 2. The van der Waals surface area contributed by atoms with Gasteiger partial charge in [-0.05, 0) is 41.5 Å². The molecule has 2 amide bonds. The molecule has 4 rings (SSSR count). The van der Waals surface area contributed by atoms with Crippen molar-refractivity contribution in [1.82, 2.24) is 9.62 Å². The Morgan fingerprint density at radius 3 is 2.42 bits per heavy atom. The number of anilines is 1. The van der Waals surface area contributed by atoms with Crippen LogP contribution in [0.1, 0.15) is 6.42 Å². The Morgan fingerprint density at radius 1 is 1.03 bits per heavy atom. The van der Waals surface area contributed by atoms with Crippen LogP contribution < -0.4 is 10.2 Å². The molecule has 1 heterocycles. The van der Waals surface area contributed by atoms with Gasteiger partial charge in [0.1, 0.15) is 6.04 Å². The van der Waals surface area contributed by atoms with Crippen molar-refractivity contribution >= 4 is 50.9 Å². The molecule has 0 unspecified atom stereocenters. The first-order valence-corrected chi connectivity index (χ1v) is 12.5. The first kappa shape index (κ1) is 23.3. The van der Waals surface area contributed by atoms with Crippen molar-refractivity contribution in [2.24, 2.45) is 0 Å². The van der Waals surface area contributed by atoms with Crippen LogP contribution in [-0.2, 0) is 19.6 Å². The number of fused-ring (bicyclic) bond motifs is 1. The van der Waals surface area contributed by atoms with Gasteiger partial charge in [0.05, 0.1) is 11.4 Å². The molecule has 0 aromatic heterocycles. The largest absolute Gasteiger partial charge is 0.346 e. The number of nitrogens with one attached hydrogen (secondary N) is 1. The van der Waals surface area contributed by atoms with E-state index < -0.39 is 22.0 Å². The minimum absolute atomic E-state index is 0.119. The lowest BCUT2D eigenvalue weighted by Crippen LogP contribution is -2.48. The normalized spacial score (nSPS) is 18.8. The van der Waals surface area contributed by atoms with Gasteiger partial charge in [-0.2, -0.15) is 16.9 Å². The second-order valence-electron chi connectivity index (χ2n) is 8.00. The van der Waals surface area contributed by atoms with Crippen LogP contribution in [0.4, 0.5) is 5.69 Å². The van der Waals surface area contributed by atoms with E-state index in [9.17, 15) is 18.0 Å². The van der Waals surface area contributed by atoms with Crippen molar-refractivity contribution in [1.29, 1.82) is 0 Å². The monoisotopic (exact) mass is 483 g/mol. The van der Waals surface area contributed by atoms with E-state index in [-0.39, 0.29) is 35.6 Å². The topological polar surface area (TPSA) is 86.8 Å².